The van der Waals surface area contributed by atoms with Gasteiger partial charge in [-0.2, -0.15) is 0 Å². The van der Waals surface area contributed by atoms with Gasteiger partial charge in [0.1, 0.15) is 5.82 Å². The monoisotopic (exact) mass is 383 g/mol. The van der Waals surface area contributed by atoms with E-state index >= 15 is 0 Å². The quantitative estimate of drug-likeness (QED) is 0.802. The van der Waals surface area contributed by atoms with Crippen LogP contribution in [0.5, 0.6) is 0 Å². The van der Waals surface area contributed by atoms with Crippen molar-refractivity contribution in [1.82, 2.24) is 10.2 Å². The van der Waals surface area contributed by atoms with E-state index in [1.54, 1.807) is 36.4 Å². The average molecular weight is 383 g/mol. The highest BCUT2D eigenvalue weighted by atomic mass is 19.1. The molecule has 0 bridgehead atoms. The topological polar surface area (TPSA) is 61.4 Å². The number of carbonyl (C=O) groups is 2. The van der Waals surface area contributed by atoms with Crippen molar-refractivity contribution in [2.24, 2.45) is 0 Å². The molecule has 3 amide bonds. The zero-order valence-electron chi connectivity index (χ0n) is 16.1. The Morgan fingerprint density at radius 1 is 1.00 bits per heavy atom. The minimum atomic E-state index is -0.379. The van der Waals surface area contributed by atoms with Crippen molar-refractivity contribution in [3.05, 3.63) is 65.5 Å². The Balaban J connectivity index is 1.61. The number of likely N-dealkylation sites (tertiary alicyclic amines) is 1. The van der Waals surface area contributed by atoms with Gasteiger partial charge in [-0.05, 0) is 55.7 Å². The van der Waals surface area contributed by atoms with E-state index in [1.807, 2.05) is 11.8 Å². The van der Waals surface area contributed by atoms with Crippen LogP contribution in [0.4, 0.5) is 14.9 Å². The molecule has 2 aromatic carbocycles. The summed E-state index contributed by atoms with van der Waals surface area (Å²) in [4.78, 5) is 26.9. The molecule has 28 heavy (non-hydrogen) atoms. The van der Waals surface area contributed by atoms with Gasteiger partial charge in [-0.1, -0.05) is 31.0 Å². The largest absolute Gasteiger partial charge is 0.339 e. The van der Waals surface area contributed by atoms with Gasteiger partial charge in [0.15, 0.2) is 0 Å². The Morgan fingerprint density at radius 3 is 2.36 bits per heavy atom. The lowest BCUT2D eigenvalue weighted by molar-refractivity contribution is 0.0761. The smallest absolute Gasteiger partial charge is 0.319 e. The van der Waals surface area contributed by atoms with E-state index < -0.39 is 0 Å². The van der Waals surface area contributed by atoms with E-state index in [-0.39, 0.29) is 23.8 Å². The fraction of sp³-hybridized carbons (Fsp3) is 0.364. The second-order valence-electron chi connectivity index (χ2n) is 7.16. The number of anilines is 1. The van der Waals surface area contributed by atoms with E-state index in [0.29, 0.717) is 11.3 Å². The maximum Gasteiger partial charge on any atom is 0.319 e. The van der Waals surface area contributed by atoms with Crippen molar-refractivity contribution in [3.8, 4) is 0 Å². The molecule has 1 aliphatic heterocycles. The van der Waals surface area contributed by atoms with Gasteiger partial charge in [-0.15, -0.1) is 0 Å². The summed E-state index contributed by atoms with van der Waals surface area (Å²) in [6.45, 7) is 3.39. The van der Waals surface area contributed by atoms with E-state index in [1.165, 1.54) is 12.1 Å². The number of hydrogen-bond donors (Lipinski definition) is 2. The summed E-state index contributed by atoms with van der Waals surface area (Å²) in [5.74, 6) is -0.308. The lowest BCUT2D eigenvalue weighted by Gasteiger charge is -2.20. The van der Waals surface area contributed by atoms with Crippen LogP contribution >= 0.6 is 0 Å². The van der Waals surface area contributed by atoms with Gasteiger partial charge in [-0.3, -0.25) is 4.79 Å². The summed E-state index contributed by atoms with van der Waals surface area (Å²) in [7, 11) is 0. The summed E-state index contributed by atoms with van der Waals surface area (Å²) >= 11 is 0. The molecule has 148 valence electrons. The lowest BCUT2D eigenvalue weighted by atomic mass is 10.1. The number of nitrogens with zero attached hydrogens (tertiary/aromatic N) is 1. The summed E-state index contributed by atoms with van der Waals surface area (Å²) < 4.78 is 13.0. The van der Waals surface area contributed by atoms with Crippen LogP contribution in [0.1, 0.15) is 54.6 Å². The molecule has 2 aromatic rings. The van der Waals surface area contributed by atoms with E-state index in [2.05, 4.69) is 10.6 Å². The Kier molecular flexibility index (Phi) is 6.63. The molecule has 1 heterocycles. The molecule has 1 atom stereocenters. The van der Waals surface area contributed by atoms with Crippen molar-refractivity contribution in [2.45, 2.75) is 38.6 Å². The number of benzene rings is 2. The number of carbonyl (C=O) groups excluding carboxylic acids is 2. The highest BCUT2D eigenvalue weighted by Gasteiger charge is 2.18. The minimum absolute atomic E-state index is 0.00522. The lowest BCUT2D eigenvalue weighted by Crippen LogP contribution is -2.32. The average Bonchev–Trinajstić information content (AvgIpc) is 2.97. The summed E-state index contributed by atoms with van der Waals surface area (Å²) in [6.07, 6.45) is 4.40. The first-order chi connectivity index (χ1) is 13.5. The molecule has 0 unspecified atom stereocenters. The maximum absolute atomic E-state index is 13.0. The van der Waals surface area contributed by atoms with Crippen LogP contribution in [0, 0.1) is 5.82 Å². The minimum Gasteiger partial charge on any atom is -0.339 e. The predicted octanol–water partition coefficient (Wildman–Crippen LogP) is 4.72. The second-order valence-corrected chi connectivity index (χ2v) is 7.16. The van der Waals surface area contributed by atoms with Gasteiger partial charge in [0.05, 0.1) is 6.04 Å². The second kappa shape index (κ2) is 9.35. The maximum atomic E-state index is 13.0. The zero-order valence-corrected chi connectivity index (χ0v) is 16.1. The zero-order chi connectivity index (χ0) is 19.9. The number of amides is 3. The fourth-order valence-corrected chi connectivity index (χ4v) is 3.38. The SMILES string of the molecule is C[C@H](NC(=O)Nc1cccc(C(=O)N2CCCCCC2)c1)c1ccc(F)cc1. The Labute approximate surface area is 164 Å². The van der Waals surface area contributed by atoms with Crippen LogP contribution in [0.2, 0.25) is 0 Å². The molecule has 1 fully saturated rings. The molecule has 0 saturated carbocycles. The highest BCUT2D eigenvalue weighted by Crippen LogP contribution is 2.17. The molecular formula is C22H26FN3O2. The molecule has 1 aliphatic rings. The third-order valence-corrected chi connectivity index (χ3v) is 4.98. The van der Waals surface area contributed by atoms with E-state index in [9.17, 15) is 14.0 Å². The predicted molar refractivity (Wildman–Crippen MR) is 108 cm³/mol. The normalized spacial score (nSPS) is 15.4. The first-order valence-electron chi connectivity index (χ1n) is 9.75. The van der Waals surface area contributed by atoms with Crippen LogP contribution in [-0.4, -0.2) is 29.9 Å². The summed E-state index contributed by atoms with van der Waals surface area (Å²) in [6, 6.07) is 12.4. The molecule has 1 saturated heterocycles. The molecule has 0 radical (unpaired) electrons. The molecule has 6 heteroatoms. The van der Waals surface area contributed by atoms with Crippen molar-refractivity contribution in [2.75, 3.05) is 18.4 Å². The number of hydrogen-bond acceptors (Lipinski definition) is 2. The molecular weight excluding hydrogens is 357 g/mol. The van der Waals surface area contributed by atoms with Crippen molar-refractivity contribution < 1.29 is 14.0 Å². The number of nitrogens with one attached hydrogen (secondary N) is 2. The number of urea groups is 1. The highest BCUT2D eigenvalue weighted by molar-refractivity contribution is 5.97. The molecule has 0 aromatic heterocycles. The van der Waals surface area contributed by atoms with Gasteiger partial charge in [-0.25, -0.2) is 9.18 Å². The van der Waals surface area contributed by atoms with Gasteiger partial charge >= 0.3 is 6.03 Å². The third-order valence-electron chi connectivity index (χ3n) is 4.98. The molecule has 5 nitrogen and oxygen atoms in total. The van der Waals surface area contributed by atoms with Crippen molar-refractivity contribution >= 4 is 17.6 Å². The number of halogens is 1. The molecule has 3 rings (SSSR count). The van der Waals surface area contributed by atoms with Gasteiger partial charge in [0.25, 0.3) is 5.91 Å². The summed E-state index contributed by atoms with van der Waals surface area (Å²) in [5.41, 5.74) is 1.94. The van der Waals surface area contributed by atoms with Crippen LogP contribution in [0.3, 0.4) is 0 Å². The molecule has 2 N–H and O–H groups in total. The van der Waals surface area contributed by atoms with E-state index in [4.69, 9.17) is 0 Å². The molecule has 0 spiro atoms. The first-order valence-corrected chi connectivity index (χ1v) is 9.75. The van der Waals surface area contributed by atoms with Crippen LogP contribution < -0.4 is 10.6 Å². The van der Waals surface area contributed by atoms with Gasteiger partial charge < -0.3 is 15.5 Å². The van der Waals surface area contributed by atoms with E-state index in [0.717, 1.165) is 44.3 Å². The fourth-order valence-electron chi connectivity index (χ4n) is 3.38. The first kappa shape index (κ1) is 19.9. The third kappa shape index (κ3) is 5.31. The standard InChI is InChI=1S/C22H26FN3O2/c1-16(17-9-11-19(23)12-10-17)24-22(28)25-20-8-6-7-18(15-20)21(27)26-13-4-2-3-5-14-26/h6-12,15-16H,2-5,13-14H2,1H3,(H2,24,25,28)/t16-/m0/s1. The molecule has 0 aliphatic carbocycles. The van der Waals surface area contributed by atoms with Crippen LogP contribution in [0.15, 0.2) is 48.5 Å². The van der Waals surface area contributed by atoms with Gasteiger partial charge in [0.2, 0.25) is 0 Å². The van der Waals surface area contributed by atoms with Gasteiger partial charge in [0, 0.05) is 24.3 Å². The summed E-state index contributed by atoms with van der Waals surface area (Å²) in [5, 5.41) is 5.59. The van der Waals surface area contributed by atoms with Crippen LogP contribution in [-0.2, 0) is 0 Å². The van der Waals surface area contributed by atoms with Crippen molar-refractivity contribution in [1.29, 1.82) is 0 Å². The Bertz CT molecular complexity index is 815. The van der Waals surface area contributed by atoms with Crippen molar-refractivity contribution in [3.63, 3.8) is 0 Å². The Morgan fingerprint density at radius 2 is 1.68 bits per heavy atom. The van der Waals surface area contributed by atoms with Crippen LogP contribution in [0.25, 0.3) is 0 Å². The Hall–Kier alpha value is -2.89. The number of rotatable bonds is 4.